The van der Waals surface area contributed by atoms with Crippen LogP contribution in [0.5, 0.6) is 0 Å². The second-order valence-electron chi connectivity index (χ2n) is 8.99. The van der Waals surface area contributed by atoms with Crippen molar-refractivity contribution in [2.75, 3.05) is 5.73 Å². The molecule has 0 radical (unpaired) electrons. The quantitative estimate of drug-likeness (QED) is 0.516. The molecular weight excluding hydrogens is 302 g/mol. The van der Waals surface area contributed by atoms with Crippen molar-refractivity contribution in [3.63, 3.8) is 0 Å². The molecule has 25 heavy (non-hydrogen) atoms. The molecule has 0 aliphatic heterocycles. The van der Waals surface area contributed by atoms with Gasteiger partial charge in [0.05, 0.1) is 0 Å². The molecule has 0 unspecified atom stereocenters. The topological polar surface area (TPSA) is 26.0 Å². The molecule has 0 bridgehead atoms. The van der Waals surface area contributed by atoms with Gasteiger partial charge in [0.2, 0.25) is 0 Å². The monoisotopic (exact) mass is 341 g/mol. The summed E-state index contributed by atoms with van der Waals surface area (Å²) in [4.78, 5) is 0. The fourth-order valence-electron chi connectivity index (χ4n) is 5.33. The van der Waals surface area contributed by atoms with E-state index in [4.69, 9.17) is 5.73 Å². The van der Waals surface area contributed by atoms with Gasteiger partial charge in [-0.05, 0) is 67.1 Å². The Balaban J connectivity index is 1.32. The van der Waals surface area contributed by atoms with Gasteiger partial charge >= 0.3 is 0 Å². The summed E-state index contributed by atoms with van der Waals surface area (Å²) in [5.41, 5.74) is 8.22. The van der Waals surface area contributed by atoms with Crippen molar-refractivity contribution in [3.8, 4) is 0 Å². The standard InChI is InChI=1S/C24H39N/c1-2-3-4-19-5-7-20(8-6-19)9-10-21-11-13-22(14-12-21)23-15-17-24(25)18-16-23/h15-22H,2-14,25H2,1H3. The maximum absolute atomic E-state index is 5.82. The Kier molecular flexibility index (Phi) is 7.25. The van der Waals surface area contributed by atoms with Crippen LogP contribution in [0.4, 0.5) is 5.69 Å². The minimum Gasteiger partial charge on any atom is -0.399 e. The molecule has 0 heterocycles. The predicted octanol–water partition coefficient (Wildman–Crippen LogP) is 7.32. The highest BCUT2D eigenvalue weighted by molar-refractivity contribution is 5.40. The van der Waals surface area contributed by atoms with Crippen molar-refractivity contribution in [3.05, 3.63) is 29.8 Å². The molecule has 3 rings (SSSR count). The van der Waals surface area contributed by atoms with Gasteiger partial charge < -0.3 is 5.73 Å². The summed E-state index contributed by atoms with van der Waals surface area (Å²) in [6, 6.07) is 8.63. The van der Waals surface area contributed by atoms with Gasteiger partial charge in [0.15, 0.2) is 0 Å². The van der Waals surface area contributed by atoms with E-state index in [0.717, 1.165) is 29.4 Å². The number of unbranched alkanes of at least 4 members (excludes halogenated alkanes) is 1. The Bertz CT molecular complexity index is 475. The van der Waals surface area contributed by atoms with E-state index < -0.39 is 0 Å². The van der Waals surface area contributed by atoms with Gasteiger partial charge in [-0.3, -0.25) is 0 Å². The van der Waals surface area contributed by atoms with E-state index in [9.17, 15) is 0 Å². The smallest absolute Gasteiger partial charge is 0.0314 e. The summed E-state index contributed by atoms with van der Waals surface area (Å²) in [5, 5.41) is 0. The van der Waals surface area contributed by atoms with Crippen molar-refractivity contribution in [2.45, 2.75) is 96.3 Å². The number of nitrogen functional groups attached to an aromatic ring is 1. The number of anilines is 1. The highest BCUT2D eigenvalue weighted by Crippen LogP contribution is 2.40. The molecule has 1 heteroatoms. The maximum atomic E-state index is 5.82. The average molecular weight is 342 g/mol. The molecule has 1 aromatic rings. The maximum Gasteiger partial charge on any atom is 0.0314 e. The van der Waals surface area contributed by atoms with E-state index in [2.05, 4.69) is 31.2 Å². The van der Waals surface area contributed by atoms with Crippen LogP contribution in [0.1, 0.15) is 102 Å². The van der Waals surface area contributed by atoms with Gasteiger partial charge in [-0.15, -0.1) is 0 Å². The Morgan fingerprint density at radius 3 is 1.72 bits per heavy atom. The highest BCUT2D eigenvalue weighted by atomic mass is 14.5. The molecule has 0 aromatic heterocycles. The lowest BCUT2D eigenvalue weighted by molar-refractivity contribution is 0.222. The van der Waals surface area contributed by atoms with Gasteiger partial charge in [0.1, 0.15) is 0 Å². The fraction of sp³-hybridized carbons (Fsp3) is 0.750. The summed E-state index contributed by atoms with van der Waals surface area (Å²) in [5.74, 6) is 3.90. The lowest BCUT2D eigenvalue weighted by Gasteiger charge is -2.32. The molecule has 0 atom stereocenters. The number of benzene rings is 1. The first-order chi connectivity index (χ1) is 12.2. The zero-order valence-electron chi connectivity index (χ0n) is 16.4. The molecule has 0 saturated heterocycles. The third kappa shape index (κ3) is 5.76. The lowest BCUT2D eigenvalue weighted by atomic mass is 9.74. The summed E-state index contributed by atoms with van der Waals surface area (Å²) in [6.45, 7) is 2.33. The van der Waals surface area contributed by atoms with Crippen molar-refractivity contribution in [2.24, 2.45) is 17.8 Å². The third-order valence-corrected chi connectivity index (χ3v) is 7.17. The molecule has 2 N–H and O–H groups in total. The first kappa shape index (κ1) is 18.8. The van der Waals surface area contributed by atoms with E-state index >= 15 is 0 Å². The fourth-order valence-corrected chi connectivity index (χ4v) is 5.33. The SMILES string of the molecule is CCCCC1CCC(CCC2CCC(c3ccc(N)cc3)CC2)CC1. The molecule has 2 fully saturated rings. The number of hydrogen-bond acceptors (Lipinski definition) is 1. The number of hydrogen-bond donors (Lipinski definition) is 1. The van der Waals surface area contributed by atoms with Crippen LogP contribution in [0, 0.1) is 17.8 Å². The molecule has 2 aliphatic carbocycles. The van der Waals surface area contributed by atoms with Crippen LogP contribution >= 0.6 is 0 Å². The van der Waals surface area contributed by atoms with Gasteiger partial charge in [0, 0.05) is 5.69 Å². The van der Waals surface area contributed by atoms with Gasteiger partial charge in [-0.25, -0.2) is 0 Å². The van der Waals surface area contributed by atoms with Crippen LogP contribution < -0.4 is 5.73 Å². The molecule has 2 aliphatic rings. The lowest BCUT2D eigenvalue weighted by Crippen LogP contribution is -2.17. The zero-order valence-corrected chi connectivity index (χ0v) is 16.4. The van der Waals surface area contributed by atoms with E-state index in [1.165, 1.54) is 89.0 Å². The van der Waals surface area contributed by atoms with E-state index in [0.29, 0.717) is 0 Å². The highest BCUT2D eigenvalue weighted by Gasteiger charge is 2.25. The summed E-state index contributed by atoms with van der Waals surface area (Å²) in [7, 11) is 0. The molecule has 0 amide bonds. The summed E-state index contributed by atoms with van der Waals surface area (Å²) >= 11 is 0. The minimum atomic E-state index is 0.783. The first-order valence-electron chi connectivity index (χ1n) is 11.1. The first-order valence-corrected chi connectivity index (χ1v) is 11.1. The van der Waals surface area contributed by atoms with Crippen LogP contribution in [0.3, 0.4) is 0 Å². The predicted molar refractivity (Wildman–Crippen MR) is 110 cm³/mol. The molecule has 1 aromatic carbocycles. The Morgan fingerprint density at radius 2 is 1.20 bits per heavy atom. The van der Waals surface area contributed by atoms with Crippen LogP contribution in [0.2, 0.25) is 0 Å². The van der Waals surface area contributed by atoms with Crippen LogP contribution in [0.25, 0.3) is 0 Å². The normalized spacial score (nSPS) is 30.3. The average Bonchev–Trinajstić information content (AvgIpc) is 2.67. The number of rotatable bonds is 7. The minimum absolute atomic E-state index is 0.783. The second kappa shape index (κ2) is 9.64. The van der Waals surface area contributed by atoms with Crippen LogP contribution in [-0.4, -0.2) is 0 Å². The van der Waals surface area contributed by atoms with E-state index in [1.54, 1.807) is 0 Å². The van der Waals surface area contributed by atoms with Crippen LogP contribution in [-0.2, 0) is 0 Å². The Labute approximate surface area is 155 Å². The van der Waals surface area contributed by atoms with Crippen molar-refractivity contribution in [1.82, 2.24) is 0 Å². The van der Waals surface area contributed by atoms with Gasteiger partial charge in [-0.2, -0.15) is 0 Å². The molecule has 140 valence electrons. The van der Waals surface area contributed by atoms with Crippen LogP contribution in [0.15, 0.2) is 24.3 Å². The van der Waals surface area contributed by atoms with Gasteiger partial charge in [-0.1, -0.05) is 76.8 Å². The molecule has 2 saturated carbocycles. The Morgan fingerprint density at radius 1 is 0.720 bits per heavy atom. The largest absolute Gasteiger partial charge is 0.399 e. The second-order valence-corrected chi connectivity index (χ2v) is 8.99. The third-order valence-electron chi connectivity index (χ3n) is 7.17. The van der Waals surface area contributed by atoms with Crippen molar-refractivity contribution >= 4 is 5.69 Å². The van der Waals surface area contributed by atoms with E-state index in [-0.39, 0.29) is 0 Å². The molecule has 1 nitrogen and oxygen atoms in total. The van der Waals surface area contributed by atoms with Crippen molar-refractivity contribution < 1.29 is 0 Å². The molecule has 0 spiro atoms. The zero-order chi connectivity index (χ0) is 17.5. The summed E-state index contributed by atoms with van der Waals surface area (Å²) < 4.78 is 0. The number of nitrogens with two attached hydrogens (primary N) is 1. The van der Waals surface area contributed by atoms with E-state index in [1.807, 2.05) is 0 Å². The van der Waals surface area contributed by atoms with Gasteiger partial charge in [0.25, 0.3) is 0 Å². The summed E-state index contributed by atoms with van der Waals surface area (Å²) in [6.07, 6.45) is 19.1. The van der Waals surface area contributed by atoms with Crippen molar-refractivity contribution in [1.29, 1.82) is 0 Å². The molecular formula is C24H39N. The Hall–Kier alpha value is -0.980.